The molecule has 0 radical (unpaired) electrons. The molecule has 0 aromatic heterocycles. The minimum Gasteiger partial charge on any atom is -0.383 e. The van der Waals surface area contributed by atoms with Crippen molar-refractivity contribution < 1.29 is 4.74 Å². The molecule has 0 aromatic rings. The molecule has 0 fully saturated rings. The summed E-state index contributed by atoms with van der Waals surface area (Å²) < 4.78 is 5.04. The third kappa shape index (κ3) is 6.95. The Balaban J connectivity index is 3.33. The molecule has 0 aromatic carbocycles. The van der Waals surface area contributed by atoms with E-state index in [0.717, 1.165) is 6.61 Å². The number of thioether (sulfide) groups is 1. The van der Waals surface area contributed by atoms with Crippen molar-refractivity contribution in [3.63, 3.8) is 0 Å². The van der Waals surface area contributed by atoms with Crippen molar-refractivity contribution in [3.05, 3.63) is 0 Å². The van der Waals surface area contributed by atoms with Gasteiger partial charge in [-0.15, -0.1) is 0 Å². The Bertz CT molecular complexity index is 101. The number of hydrogen-bond acceptors (Lipinski definition) is 3. The van der Waals surface area contributed by atoms with Gasteiger partial charge in [0.1, 0.15) is 0 Å². The lowest BCUT2D eigenvalue weighted by Crippen LogP contribution is -2.37. The van der Waals surface area contributed by atoms with Crippen LogP contribution in [0.3, 0.4) is 0 Å². The van der Waals surface area contributed by atoms with Gasteiger partial charge in [0.05, 0.1) is 6.61 Å². The number of methoxy groups -OCH3 is 1. The first-order valence-electron chi connectivity index (χ1n) is 4.44. The molecule has 2 unspecified atom stereocenters. The lowest BCUT2D eigenvalue weighted by atomic mass is 10.2. The van der Waals surface area contributed by atoms with Crippen molar-refractivity contribution in [2.24, 2.45) is 0 Å². The van der Waals surface area contributed by atoms with E-state index in [4.69, 9.17) is 4.74 Å². The third-order valence-electron chi connectivity index (χ3n) is 1.74. The topological polar surface area (TPSA) is 21.3 Å². The lowest BCUT2D eigenvalue weighted by Gasteiger charge is -2.18. The van der Waals surface area contributed by atoms with E-state index in [1.807, 2.05) is 11.8 Å². The van der Waals surface area contributed by atoms with Crippen LogP contribution in [0, 0.1) is 0 Å². The van der Waals surface area contributed by atoms with E-state index >= 15 is 0 Å². The fourth-order valence-corrected chi connectivity index (χ4v) is 1.75. The molecular formula is C9H21NOS. The molecule has 1 N–H and O–H groups in total. The summed E-state index contributed by atoms with van der Waals surface area (Å²) >= 11 is 1.90. The van der Waals surface area contributed by atoms with E-state index in [1.54, 1.807) is 7.11 Å². The van der Waals surface area contributed by atoms with Gasteiger partial charge in [-0.1, -0.05) is 0 Å². The molecule has 0 aliphatic carbocycles. The SMILES string of the molecule is COCC(C)NC(C)CCSC. The minimum absolute atomic E-state index is 0.465. The minimum atomic E-state index is 0.465. The highest BCUT2D eigenvalue weighted by atomic mass is 32.2. The predicted octanol–water partition coefficient (Wildman–Crippen LogP) is 1.75. The van der Waals surface area contributed by atoms with Gasteiger partial charge in [-0.25, -0.2) is 0 Å². The Kier molecular flexibility index (Phi) is 8.07. The smallest absolute Gasteiger partial charge is 0.0613 e. The van der Waals surface area contributed by atoms with Crippen LogP contribution in [-0.4, -0.2) is 37.8 Å². The molecule has 2 atom stereocenters. The van der Waals surface area contributed by atoms with E-state index in [0.29, 0.717) is 12.1 Å². The number of hydrogen-bond donors (Lipinski definition) is 1. The van der Waals surface area contributed by atoms with Crippen molar-refractivity contribution >= 4 is 11.8 Å². The Labute approximate surface area is 80.4 Å². The summed E-state index contributed by atoms with van der Waals surface area (Å²) in [7, 11) is 1.74. The van der Waals surface area contributed by atoms with Crippen molar-refractivity contribution in [2.45, 2.75) is 32.4 Å². The Morgan fingerprint density at radius 2 is 2.00 bits per heavy atom. The van der Waals surface area contributed by atoms with Crippen LogP contribution >= 0.6 is 11.8 Å². The van der Waals surface area contributed by atoms with Crippen LogP contribution in [0.4, 0.5) is 0 Å². The van der Waals surface area contributed by atoms with Crippen LogP contribution in [0.2, 0.25) is 0 Å². The fraction of sp³-hybridized carbons (Fsp3) is 1.00. The van der Waals surface area contributed by atoms with Gasteiger partial charge >= 0.3 is 0 Å². The first-order chi connectivity index (χ1) is 5.70. The van der Waals surface area contributed by atoms with Gasteiger partial charge in [0.15, 0.2) is 0 Å². The Hall–Kier alpha value is 0.270. The second-order valence-corrected chi connectivity index (χ2v) is 4.19. The molecule has 3 heteroatoms. The van der Waals surface area contributed by atoms with Gasteiger partial charge in [0.25, 0.3) is 0 Å². The van der Waals surface area contributed by atoms with E-state index in [2.05, 4.69) is 25.4 Å². The first-order valence-corrected chi connectivity index (χ1v) is 5.84. The second-order valence-electron chi connectivity index (χ2n) is 3.21. The van der Waals surface area contributed by atoms with Gasteiger partial charge in [-0.3, -0.25) is 0 Å². The van der Waals surface area contributed by atoms with Gasteiger partial charge in [0.2, 0.25) is 0 Å². The van der Waals surface area contributed by atoms with Crippen LogP contribution in [0.25, 0.3) is 0 Å². The third-order valence-corrected chi connectivity index (χ3v) is 2.38. The average molecular weight is 191 g/mol. The largest absolute Gasteiger partial charge is 0.383 e. The van der Waals surface area contributed by atoms with Crippen LogP contribution in [0.1, 0.15) is 20.3 Å². The second kappa shape index (κ2) is 7.90. The maximum atomic E-state index is 5.04. The van der Waals surface area contributed by atoms with Crippen molar-refractivity contribution in [1.82, 2.24) is 5.32 Å². The number of rotatable bonds is 7. The van der Waals surface area contributed by atoms with Gasteiger partial charge in [-0.05, 0) is 32.3 Å². The van der Waals surface area contributed by atoms with Gasteiger partial charge in [0, 0.05) is 19.2 Å². The molecule has 74 valence electrons. The Morgan fingerprint density at radius 1 is 1.33 bits per heavy atom. The van der Waals surface area contributed by atoms with Crippen LogP contribution in [0.15, 0.2) is 0 Å². The first kappa shape index (κ1) is 12.3. The molecule has 0 saturated heterocycles. The zero-order valence-corrected chi connectivity index (χ0v) is 9.41. The summed E-state index contributed by atoms with van der Waals surface area (Å²) in [5, 5.41) is 3.48. The highest BCUT2D eigenvalue weighted by Gasteiger charge is 2.05. The van der Waals surface area contributed by atoms with Crippen molar-refractivity contribution in [3.8, 4) is 0 Å². The molecule has 0 bridgehead atoms. The van der Waals surface area contributed by atoms with Gasteiger partial charge < -0.3 is 10.1 Å². The maximum absolute atomic E-state index is 5.04. The summed E-state index contributed by atoms with van der Waals surface area (Å²) in [5.41, 5.74) is 0. The zero-order valence-electron chi connectivity index (χ0n) is 8.59. The quantitative estimate of drug-likeness (QED) is 0.662. The standard InChI is InChI=1S/C9H21NOS/c1-8(5-6-12-4)10-9(2)7-11-3/h8-10H,5-7H2,1-4H3. The molecule has 0 spiro atoms. The molecule has 0 aliphatic heterocycles. The molecular weight excluding hydrogens is 170 g/mol. The zero-order chi connectivity index (χ0) is 9.40. The molecule has 2 nitrogen and oxygen atoms in total. The van der Waals surface area contributed by atoms with Crippen LogP contribution < -0.4 is 5.32 Å². The molecule has 0 heterocycles. The van der Waals surface area contributed by atoms with E-state index in [-0.39, 0.29) is 0 Å². The van der Waals surface area contributed by atoms with E-state index < -0.39 is 0 Å². The van der Waals surface area contributed by atoms with Crippen LogP contribution in [0.5, 0.6) is 0 Å². The highest BCUT2D eigenvalue weighted by Crippen LogP contribution is 2.00. The Morgan fingerprint density at radius 3 is 2.50 bits per heavy atom. The van der Waals surface area contributed by atoms with E-state index in [9.17, 15) is 0 Å². The number of nitrogens with one attached hydrogen (secondary N) is 1. The molecule has 0 rings (SSSR count). The summed E-state index contributed by atoms with van der Waals surface area (Å²) in [6.45, 7) is 5.17. The number of ether oxygens (including phenoxy) is 1. The molecule has 0 saturated carbocycles. The monoisotopic (exact) mass is 191 g/mol. The normalized spacial score (nSPS) is 16.0. The molecule has 0 aliphatic rings. The van der Waals surface area contributed by atoms with Crippen molar-refractivity contribution in [1.29, 1.82) is 0 Å². The lowest BCUT2D eigenvalue weighted by molar-refractivity contribution is 0.167. The summed E-state index contributed by atoms with van der Waals surface area (Å²) in [6.07, 6.45) is 3.38. The molecule has 0 amide bonds. The summed E-state index contributed by atoms with van der Waals surface area (Å²) in [5.74, 6) is 1.23. The van der Waals surface area contributed by atoms with Crippen LogP contribution in [-0.2, 0) is 4.74 Å². The molecule has 12 heavy (non-hydrogen) atoms. The predicted molar refractivity (Wildman–Crippen MR) is 56.9 cm³/mol. The van der Waals surface area contributed by atoms with Crippen molar-refractivity contribution in [2.75, 3.05) is 25.7 Å². The highest BCUT2D eigenvalue weighted by molar-refractivity contribution is 7.98. The van der Waals surface area contributed by atoms with Gasteiger partial charge in [-0.2, -0.15) is 11.8 Å². The summed E-state index contributed by atoms with van der Waals surface area (Å²) in [6, 6.07) is 1.06. The summed E-state index contributed by atoms with van der Waals surface area (Å²) in [4.78, 5) is 0. The maximum Gasteiger partial charge on any atom is 0.0613 e. The average Bonchev–Trinajstić information content (AvgIpc) is 2.01. The fourth-order valence-electron chi connectivity index (χ4n) is 1.16. The van der Waals surface area contributed by atoms with E-state index in [1.165, 1.54) is 12.2 Å².